The molecule has 102 valence electrons. The summed E-state index contributed by atoms with van der Waals surface area (Å²) in [6, 6.07) is 10.2. The lowest BCUT2D eigenvalue weighted by Crippen LogP contribution is -2.56. The number of fused-ring (bicyclic) bond motifs is 2. The molecule has 1 aromatic carbocycles. The van der Waals surface area contributed by atoms with Crippen LogP contribution in [-0.2, 0) is 4.79 Å². The number of piperidine rings is 2. The third kappa shape index (κ3) is 2.21. The Labute approximate surface area is 114 Å². The molecule has 4 atom stereocenters. The van der Waals surface area contributed by atoms with Gasteiger partial charge in [-0.05, 0) is 25.5 Å². The van der Waals surface area contributed by atoms with Gasteiger partial charge in [0.15, 0.2) is 0 Å². The average Bonchev–Trinajstić information content (AvgIpc) is 2.41. The van der Waals surface area contributed by atoms with E-state index in [1.807, 2.05) is 30.3 Å². The molecule has 0 aliphatic carbocycles. The molecule has 0 saturated carbocycles. The number of aliphatic hydroxyl groups is 1. The molecule has 2 saturated heterocycles. The Bertz CT molecular complexity index is 459. The molecular formula is C16H21NO2. The van der Waals surface area contributed by atoms with Gasteiger partial charge in [0.25, 0.3) is 0 Å². The molecule has 1 aromatic rings. The van der Waals surface area contributed by atoms with Crippen LogP contribution in [0.3, 0.4) is 0 Å². The topological polar surface area (TPSA) is 40.5 Å². The number of nitrogens with zero attached hydrogens (tertiary/aromatic N) is 1. The second kappa shape index (κ2) is 5.06. The minimum Gasteiger partial charge on any atom is -0.388 e. The summed E-state index contributed by atoms with van der Waals surface area (Å²) in [5, 5.41) is 10.6. The van der Waals surface area contributed by atoms with Crippen LogP contribution in [0.25, 0.3) is 0 Å². The predicted molar refractivity (Wildman–Crippen MR) is 73.7 cm³/mol. The van der Waals surface area contributed by atoms with Gasteiger partial charge in [-0.2, -0.15) is 0 Å². The molecule has 0 amide bonds. The lowest BCUT2D eigenvalue weighted by atomic mass is 9.73. The molecule has 2 aliphatic heterocycles. The molecule has 3 heteroatoms. The van der Waals surface area contributed by atoms with E-state index in [0.29, 0.717) is 12.5 Å². The van der Waals surface area contributed by atoms with E-state index in [-0.39, 0.29) is 17.7 Å². The van der Waals surface area contributed by atoms with Crippen molar-refractivity contribution in [2.45, 2.75) is 43.9 Å². The molecule has 0 aromatic heterocycles. The van der Waals surface area contributed by atoms with Crippen LogP contribution in [0.5, 0.6) is 0 Å². The van der Waals surface area contributed by atoms with Crippen molar-refractivity contribution in [3.05, 3.63) is 35.9 Å². The van der Waals surface area contributed by atoms with E-state index in [9.17, 15) is 9.90 Å². The first-order valence-electron chi connectivity index (χ1n) is 7.16. The normalized spacial score (nSPS) is 33.2. The van der Waals surface area contributed by atoms with Crippen molar-refractivity contribution in [3.8, 4) is 0 Å². The quantitative estimate of drug-likeness (QED) is 0.885. The second-order valence-electron chi connectivity index (χ2n) is 5.87. The van der Waals surface area contributed by atoms with Crippen molar-refractivity contribution in [1.29, 1.82) is 0 Å². The molecule has 0 radical (unpaired) electrons. The van der Waals surface area contributed by atoms with Crippen molar-refractivity contribution in [1.82, 2.24) is 4.90 Å². The van der Waals surface area contributed by atoms with Crippen LogP contribution in [0.2, 0.25) is 0 Å². The Morgan fingerprint density at radius 2 is 2.00 bits per heavy atom. The van der Waals surface area contributed by atoms with E-state index < -0.39 is 6.10 Å². The summed E-state index contributed by atoms with van der Waals surface area (Å²) in [6.07, 6.45) is 3.24. The molecule has 3 nitrogen and oxygen atoms in total. The Morgan fingerprint density at radius 3 is 2.74 bits per heavy atom. The smallest absolute Gasteiger partial charge is 0.142 e. The van der Waals surface area contributed by atoms with Crippen LogP contribution >= 0.6 is 0 Å². The lowest BCUT2D eigenvalue weighted by molar-refractivity contribution is -0.140. The summed E-state index contributed by atoms with van der Waals surface area (Å²) in [7, 11) is 2.10. The number of ketones is 1. The molecule has 0 unspecified atom stereocenters. The van der Waals surface area contributed by atoms with Crippen LogP contribution in [0.1, 0.15) is 37.4 Å². The number of hydrogen-bond donors (Lipinski definition) is 1. The van der Waals surface area contributed by atoms with Crippen molar-refractivity contribution in [2.75, 3.05) is 7.05 Å². The predicted octanol–water partition coefficient (Wildman–Crippen LogP) is 2.16. The average molecular weight is 259 g/mol. The highest BCUT2D eigenvalue weighted by molar-refractivity contribution is 5.84. The van der Waals surface area contributed by atoms with Crippen LogP contribution in [0.4, 0.5) is 0 Å². The van der Waals surface area contributed by atoms with Gasteiger partial charge in [0, 0.05) is 18.5 Å². The van der Waals surface area contributed by atoms with Crippen LogP contribution < -0.4 is 0 Å². The van der Waals surface area contributed by atoms with Crippen LogP contribution in [0.15, 0.2) is 30.3 Å². The molecule has 2 aliphatic rings. The zero-order valence-corrected chi connectivity index (χ0v) is 11.3. The SMILES string of the molecule is CN1[C@@H]2CCC[C@H]1[C@H]([C@@H](O)c1ccccc1)C(=O)C2. The molecule has 2 bridgehead atoms. The Hall–Kier alpha value is -1.19. The first kappa shape index (κ1) is 12.8. The van der Waals surface area contributed by atoms with Gasteiger partial charge >= 0.3 is 0 Å². The third-order valence-corrected chi connectivity index (χ3v) is 4.84. The van der Waals surface area contributed by atoms with Crippen molar-refractivity contribution >= 4 is 5.78 Å². The lowest BCUT2D eigenvalue weighted by Gasteiger charge is -2.48. The molecule has 3 rings (SSSR count). The minimum atomic E-state index is -0.666. The van der Waals surface area contributed by atoms with Crippen molar-refractivity contribution in [2.24, 2.45) is 5.92 Å². The highest BCUT2D eigenvalue weighted by Crippen LogP contribution is 2.40. The zero-order chi connectivity index (χ0) is 13.4. The number of carbonyl (C=O) groups is 1. The molecule has 1 N–H and O–H groups in total. The van der Waals surface area contributed by atoms with Crippen LogP contribution in [0, 0.1) is 5.92 Å². The molecular weight excluding hydrogens is 238 g/mol. The Morgan fingerprint density at radius 1 is 1.26 bits per heavy atom. The monoisotopic (exact) mass is 259 g/mol. The van der Waals surface area contributed by atoms with Gasteiger partial charge in [-0.3, -0.25) is 9.69 Å². The maximum atomic E-state index is 12.4. The largest absolute Gasteiger partial charge is 0.388 e. The van der Waals surface area contributed by atoms with Crippen LogP contribution in [-0.4, -0.2) is 34.9 Å². The summed E-state index contributed by atoms with van der Waals surface area (Å²) < 4.78 is 0. The first-order valence-corrected chi connectivity index (χ1v) is 7.16. The summed E-state index contributed by atoms with van der Waals surface area (Å²) in [6.45, 7) is 0. The van der Waals surface area contributed by atoms with Crippen molar-refractivity contribution in [3.63, 3.8) is 0 Å². The molecule has 0 spiro atoms. The fourth-order valence-corrected chi connectivity index (χ4v) is 3.75. The fourth-order valence-electron chi connectivity index (χ4n) is 3.75. The summed E-state index contributed by atoms with van der Waals surface area (Å²) in [4.78, 5) is 14.7. The molecule has 2 heterocycles. The number of carbonyl (C=O) groups excluding carboxylic acids is 1. The third-order valence-electron chi connectivity index (χ3n) is 4.84. The van der Waals surface area contributed by atoms with E-state index in [2.05, 4.69) is 11.9 Å². The number of hydrogen-bond acceptors (Lipinski definition) is 3. The Kier molecular flexibility index (Phi) is 3.42. The van der Waals surface area contributed by atoms with Gasteiger partial charge in [-0.1, -0.05) is 36.8 Å². The minimum absolute atomic E-state index is 0.204. The number of rotatable bonds is 2. The maximum absolute atomic E-state index is 12.4. The van der Waals surface area contributed by atoms with Gasteiger partial charge in [-0.25, -0.2) is 0 Å². The summed E-state index contributed by atoms with van der Waals surface area (Å²) in [5.74, 6) is -0.0203. The van der Waals surface area contributed by atoms with E-state index in [1.165, 1.54) is 6.42 Å². The van der Waals surface area contributed by atoms with Gasteiger partial charge < -0.3 is 5.11 Å². The number of benzene rings is 1. The summed E-state index contributed by atoms with van der Waals surface area (Å²) in [5.41, 5.74) is 0.860. The van der Waals surface area contributed by atoms with Gasteiger partial charge in [0.1, 0.15) is 5.78 Å². The number of aliphatic hydroxyl groups excluding tert-OH is 1. The standard InChI is InChI=1S/C16H21NO2/c1-17-12-8-5-9-13(17)15(14(18)10-12)16(19)11-6-3-2-4-7-11/h2-4,6-7,12-13,15-16,19H,5,8-10H2,1H3/t12-,13+,15+,16+/m1/s1. The van der Waals surface area contributed by atoms with Gasteiger partial charge in [-0.15, -0.1) is 0 Å². The maximum Gasteiger partial charge on any atom is 0.142 e. The van der Waals surface area contributed by atoms with Gasteiger partial charge in [0.2, 0.25) is 0 Å². The Balaban J connectivity index is 1.88. The summed E-state index contributed by atoms with van der Waals surface area (Å²) >= 11 is 0. The molecule has 2 fully saturated rings. The van der Waals surface area contributed by atoms with E-state index in [4.69, 9.17) is 0 Å². The highest BCUT2D eigenvalue weighted by atomic mass is 16.3. The number of Topliss-reactive ketones (excluding diaryl/α,β-unsaturated/α-hetero) is 1. The van der Waals surface area contributed by atoms with E-state index in [0.717, 1.165) is 18.4 Å². The van der Waals surface area contributed by atoms with E-state index >= 15 is 0 Å². The van der Waals surface area contributed by atoms with Gasteiger partial charge in [0.05, 0.1) is 12.0 Å². The second-order valence-corrected chi connectivity index (χ2v) is 5.87. The van der Waals surface area contributed by atoms with Crippen molar-refractivity contribution < 1.29 is 9.90 Å². The molecule has 19 heavy (non-hydrogen) atoms. The first-order chi connectivity index (χ1) is 9.18. The zero-order valence-electron chi connectivity index (χ0n) is 11.3. The van der Waals surface area contributed by atoms with E-state index in [1.54, 1.807) is 0 Å². The fraction of sp³-hybridized carbons (Fsp3) is 0.562. The highest BCUT2D eigenvalue weighted by Gasteiger charge is 2.45.